The number of benzene rings is 1. The molecule has 0 fully saturated rings. The fourth-order valence-corrected chi connectivity index (χ4v) is 2.74. The van der Waals surface area contributed by atoms with E-state index in [1.165, 1.54) is 28.6 Å². The molecule has 1 aromatic carbocycles. The lowest BCUT2D eigenvalue weighted by Gasteiger charge is -2.06. The minimum Gasteiger partial charge on any atom is -0.338 e. The van der Waals surface area contributed by atoms with Crippen molar-refractivity contribution >= 4 is 11.8 Å². The Morgan fingerprint density at radius 3 is 2.70 bits per heavy atom. The van der Waals surface area contributed by atoms with Crippen molar-refractivity contribution < 1.29 is 8.91 Å². The standard InChI is InChI=1S/C14H15FN6OS/c1-3-11-17-13(22-20-11)8(2)23-14-19-18-12(21(14)16)9-4-6-10(15)7-5-9/h4-8H,3,16H2,1-2H3. The summed E-state index contributed by atoms with van der Waals surface area (Å²) in [5.74, 6) is 7.36. The highest BCUT2D eigenvalue weighted by Crippen LogP contribution is 2.33. The zero-order valence-electron chi connectivity index (χ0n) is 12.6. The largest absolute Gasteiger partial charge is 0.338 e. The van der Waals surface area contributed by atoms with Crippen LogP contribution in [0.3, 0.4) is 0 Å². The highest BCUT2D eigenvalue weighted by atomic mass is 32.2. The molecule has 2 aromatic heterocycles. The van der Waals surface area contributed by atoms with Crippen LogP contribution in [0.15, 0.2) is 33.9 Å². The lowest BCUT2D eigenvalue weighted by molar-refractivity contribution is 0.375. The normalized spacial score (nSPS) is 12.5. The number of nitrogen functional groups attached to an aromatic ring is 1. The van der Waals surface area contributed by atoms with Gasteiger partial charge in [-0.15, -0.1) is 10.2 Å². The van der Waals surface area contributed by atoms with Crippen molar-refractivity contribution in [2.75, 3.05) is 5.84 Å². The molecule has 0 bridgehead atoms. The zero-order chi connectivity index (χ0) is 16.4. The fraction of sp³-hybridized carbons (Fsp3) is 0.286. The molecule has 2 N–H and O–H groups in total. The van der Waals surface area contributed by atoms with Crippen LogP contribution in [0.2, 0.25) is 0 Å². The number of aromatic nitrogens is 5. The third kappa shape index (κ3) is 3.19. The molecule has 0 radical (unpaired) electrons. The molecule has 3 rings (SSSR count). The van der Waals surface area contributed by atoms with Gasteiger partial charge < -0.3 is 10.4 Å². The molecule has 0 spiro atoms. The van der Waals surface area contributed by atoms with Crippen molar-refractivity contribution in [3.8, 4) is 11.4 Å². The summed E-state index contributed by atoms with van der Waals surface area (Å²) in [4.78, 5) is 4.29. The van der Waals surface area contributed by atoms with Gasteiger partial charge in [-0.05, 0) is 31.2 Å². The summed E-state index contributed by atoms with van der Waals surface area (Å²) in [5, 5.41) is 12.4. The van der Waals surface area contributed by atoms with Crippen LogP contribution in [0.4, 0.5) is 4.39 Å². The van der Waals surface area contributed by atoms with Gasteiger partial charge in [0.25, 0.3) is 0 Å². The molecule has 1 atom stereocenters. The van der Waals surface area contributed by atoms with Gasteiger partial charge >= 0.3 is 0 Å². The van der Waals surface area contributed by atoms with Gasteiger partial charge in [0.15, 0.2) is 11.6 Å². The van der Waals surface area contributed by atoms with Gasteiger partial charge in [-0.3, -0.25) is 0 Å². The first kappa shape index (κ1) is 15.5. The smallest absolute Gasteiger partial charge is 0.239 e. The molecule has 0 amide bonds. The second-order valence-corrected chi connectivity index (χ2v) is 6.15. The highest BCUT2D eigenvalue weighted by Gasteiger charge is 2.20. The van der Waals surface area contributed by atoms with E-state index in [-0.39, 0.29) is 11.1 Å². The van der Waals surface area contributed by atoms with Gasteiger partial charge in [-0.25, -0.2) is 9.07 Å². The minimum atomic E-state index is -0.317. The Morgan fingerprint density at radius 1 is 1.30 bits per heavy atom. The molecule has 0 aliphatic carbocycles. The maximum absolute atomic E-state index is 13.0. The van der Waals surface area contributed by atoms with E-state index in [4.69, 9.17) is 10.4 Å². The Hall–Kier alpha value is -2.42. The van der Waals surface area contributed by atoms with Crippen LogP contribution in [0.25, 0.3) is 11.4 Å². The van der Waals surface area contributed by atoms with Crippen LogP contribution in [0.5, 0.6) is 0 Å². The van der Waals surface area contributed by atoms with Crippen molar-refractivity contribution in [3.63, 3.8) is 0 Å². The molecule has 9 heteroatoms. The predicted octanol–water partition coefficient (Wildman–Crippen LogP) is 2.60. The topological polar surface area (TPSA) is 95.7 Å². The second kappa shape index (κ2) is 6.37. The first-order valence-electron chi connectivity index (χ1n) is 7.04. The van der Waals surface area contributed by atoms with Crippen LogP contribution in [0.1, 0.15) is 30.8 Å². The van der Waals surface area contributed by atoms with Crippen LogP contribution in [0, 0.1) is 5.82 Å². The van der Waals surface area contributed by atoms with Gasteiger partial charge in [0.1, 0.15) is 5.82 Å². The first-order chi connectivity index (χ1) is 11.1. The molecule has 0 aliphatic rings. The molecule has 2 heterocycles. The summed E-state index contributed by atoms with van der Waals surface area (Å²) in [6.45, 7) is 3.88. The molecule has 0 aliphatic heterocycles. The van der Waals surface area contributed by atoms with E-state index in [2.05, 4.69) is 20.3 Å². The molecular weight excluding hydrogens is 319 g/mol. The van der Waals surface area contributed by atoms with Gasteiger partial charge in [-0.1, -0.05) is 23.8 Å². The summed E-state index contributed by atoms with van der Waals surface area (Å²) >= 11 is 1.36. The monoisotopic (exact) mass is 334 g/mol. The lowest BCUT2D eigenvalue weighted by Crippen LogP contribution is -2.12. The second-order valence-electron chi connectivity index (χ2n) is 4.85. The Bertz CT molecular complexity index is 800. The summed E-state index contributed by atoms with van der Waals surface area (Å²) < 4.78 is 19.6. The Kier molecular flexibility index (Phi) is 4.28. The number of thioether (sulfide) groups is 1. The van der Waals surface area contributed by atoms with E-state index in [9.17, 15) is 4.39 Å². The van der Waals surface area contributed by atoms with Crippen LogP contribution in [-0.4, -0.2) is 25.0 Å². The van der Waals surface area contributed by atoms with Gasteiger partial charge in [-0.2, -0.15) is 4.98 Å². The molecule has 0 saturated heterocycles. The lowest BCUT2D eigenvalue weighted by atomic mass is 10.2. The number of aryl methyl sites for hydroxylation is 1. The van der Waals surface area contributed by atoms with Crippen LogP contribution in [-0.2, 0) is 6.42 Å². The molecule has 7 nitrogen and oxygen atoms in total. The minimum absolute atomic E-state index is 0.115. The molecule has 0 saturated carbocycles. The quantitative estimate of drug-likeness (QED) is 0.566. The Balaban J connectivity index is 1.80. The van der Waals surface area contributed by atoms with Crippen LogP contribution < -0.4 is 5.84 Å². The SMILES string of the molecule is CCc1noc(C(C)Sc2nnc(-c3ccc(F)cc3)n2N)n1. The first-order valence-corrected chi connectivity index (χ1v) is 7.92. The number of rotatable bonds is 5. The number of hydrogen-bond donors (Lipinski definition) is 1. The van der Waals surface area contributed by atoms with E-state index < -0.39 is 0 Å². The molecule has 120 valence electrons. The van der Waals surface area contributed by atoms with Gasteiger partial charge in [0.05, 0.1) is 5.25 Å². The number of halogens is 1. The van der Waals surface area contributed by atoms with E-state index in [0.717, 1.165) is 0 Å². The van der Waals surface area contributed by atoms with Gasteiger partial charge in [0.2, 0.25) is 11.0 Å². The van der Waals surface area contributed by atoms with Crippen LogP contribution >= 0.6 is 11.8 Å². The predicted molar refractivity (Wildman–Crippen MR) is 83.5 cm³/mol. The number of nitrogens with two attached hydrogens (primary N) is 1. The van der Waals surface area contributed by atoms with Crippen molar-refractivity contribution in [1.82, 2.24) is 25.0 Å². The summed E-state index contributed by atoms with van der Waals surface area (Å²) in [6, 6.07) is 5.91. The fourth-order valence-electron chi connectivity index (χ4n) is 1.94. The summed E-state index contributed by atoms with van der Waals surface area (Å²) in [6.07, 6.45) is 0.711. The third-order valence-electron chi connectivity index (χ3n) is 3.20. The highest BCUT2D eigenvalue weighted by molar-refractivity contribution is 7.99. The molecule has 23 heavy (non-hydrogen) atoms. The Morgan fingerprint density at radius 2 is 2.04 bits per heavy atom. The van der Waals surface area contributed by atoms with Crippen molar-refractivity contribution in [2.24, 2.45) is 0 Å². The summed E-state index contributed by atoms with van der Waals surface area (Å²) in [7, 11) is 0. The number of nitrogens with zero attached hydrogens (tertiary/aromatic N) is 5. The zero-order valence-corrected chi connectivity index (χ0v) is 13.4. The Labute approximate surface area is 136 Å². The van der Waals surface area contributed by atoms with Crippen molar-refractivity contribution in [2.45, 2.75) is 30.7 Å². The van der Waals surface area contributed by atoms with Crippen molar-refractivity contribution in [1.29, 1.82) is 0 Å². The van der Waals surface area contributed by atoms with Crippen molar-refractivity contribution in [3.05, 3.63) is 41.8 Å². The molecular formula is C14H15FN6OS. The molecule has 3 aromatic rings. The maximum Gasteiger partial charge on any atom is 0.239 e. The average molecular weight is 334 g/mol. The van der Waals surface area contributed by atoms with E-state index >= 15 is 0 Å². The van der Waals surface area contributed by atoms with E-state index in [0.29, 0.717) is 34.7 Å². The van der Waals surface area contributed by atoms with E-state index in [1.54, 1.807) is 12.1 Å². The van der Waals surface area contributed by atoms with E-state index in [1.807, 2.05) is 13.8 Å². The number of hydrogen-bond acceptors (Lipinski definition) is 7. The average Bonchev–Trinajstić information content (AvgIpc) is 3.16. The maximum atomic E-state index is 13.0. The van der Waals surface area contributed by atoms with Gasteiger partial charge in [0, 0.05) is 12.0 Å². The molecule has 1 unspecified atom stereocenters. The summed E-state index contributed by atoms with van der Waals surface area (Å²) in [5.41, 5.74) is 0.687. The third-order valence-corrected chi connectivity index (χ3v) is 4.24.